The number of hydrogen-bond acceptors (Lipinski definition) is 4. The largest absolute Gasteiger partial charge is 0.341 e. The Morgan fingerprint density at radius 1 is 1.10 bits per heavy atom. The number of likely N-dealkylation sites (tertiary alicyclic amines) is 1. The number of carbonyl (C=O) groups is 3. The summed E-state index contributed by atoms with van der Waals surface area (Å²) in [7, 11) is 0. The zero-order valence-electron chi connectivity index (χ0n) is 16.9. The number of benzene rings is 1. The van der Waals surface area contributed by atoms with Crippen LogP contribution in [-0.4, -0.2) is 56.7 Å². The molecule has 0 spiro atoms. The maximum absolute atomic E-state index is 12.7. The van der Waals surface area contributed by atoms with Crippen LogP contribution in [-0.2, 0) is 11.3 Å². The second kappa shape index (κ2) is 7.81. The molecule has 2 aliphatic rings. The topological polar surface area (TPSA) is 75.5 Å². The van der Waals surface area contributed by atoms with E-state index in [9.17, 15) is 14.4 Å². The molecule has 1 aromatic heterocycles. The molecular weight excluding hydrogens is 368 g/mol. The van der Waals surface area contributed by atoms with Crippen molar-refractivity contribution < 1.29 is 14.4 Å². The van der Waals surface area contributed by atoms with Crippen LogP contribution in [0, 0.1) is 5.92 Å². The van der Waals surface area contributed by atoms with Gasteiger partial charge < -0.3 is 9.47 Å². The Bertz CT molecular complexity index is 906. The van der Waals surface area contributed by atoms with Crippen molar-refractivity contribution in [3.05, 3.63) is 53.6 Å². The first-order chi connectivity index (χ1) is 14.0. The van der Waals surface area contributed by atoms with Gasteiger partial charge in [-0.25, -0.2) is 4.98 Å². The highest BCUT2D eigenvalue weighted by Gasteiger charge is 2.37. The number of carbonyl (C=O) groups excluding carboxylic acids is 3. The van der Waals surface area contributed by atoms with Gasteiger partial charge in [-0.15, -0.1) is 0 Å². The van der Waals surface area contributed by atoms with E-state index in [2.05, 4.69) is 23.4 Å². The maximum atomic E-state index is 12.7. The summed E-state index contributed by atoms with van der Waals surface area (Å²) in [6.07, 6.45) is 5.68. The molecule has 3 heterocycles. The van der Waals surface area contributed by atoms with E-state index < -0.39 is 0 Å². The molecule has 3 amide bonds. The quantitative estimate of drug-likeness (QED) is 0.731. The molecule has 4 rings (SSSR count). The van der Waals surface area contributed by atoms with E-state index >= 15 is 0 Å². The average Bonchev–Trinajstić information content (AvgIpc) is 3.28. The fourth-order valence-electron chi connectivity index (χ4n) is 4.24. The molecule has 0 unspecified atom stereocenters. The van der Waals surface area contributed by atoms with E-state index in [4.69, 9.17) is 0 Å². The Balaban J connectivity index is 1.32. The fraction of sp³-hybridized carbons (Fsp3) is 0.455. The first-order valence-electron chi connectivity index (χ1n) is 10.2. The summed E-state index contributed by atoms with van der Waals surface area (Å²) in [5, 5.41) is 0. The van der Waals surface area contributed by atoms with E-state index in [0.717, 1.165) is 30.1 Å². The molecule has 2 aromatic rings. The van der Waals surface area contributed by atoms with Gasteiger partial charge in [-0.2, -0.15) is 0 Å². The van der Waals surface area contributed by atoms with Crippen molar-refractivity contribution in [2.75, 3.05) is 19.6 Å². The van der Waals surface area contributed by atoms with Crippen LogP contribution in [0.2, 0.25) is 0 Å². The molecule has 7 heteroatoms. The van der Waals surface area contributed by atoms with Crippen LogP contribution in [0.15, 0.2) is 36.7 Å². The van der Waals surface area contributed by atoms with Crippen molar-refractivity contribution in [2.45, 2.75) is 39.2 Å². The van der Waals surface area contributed by atoms with Gasteiger partial charge in [0.2, 0.25) is 5.91 Å². The normalized spacial score (nSPS) is 17.3. The van der Waals surface area contributed by atoms with E-state index in [1.165, 1.54) is 0 Å². The lowest BCUT2D eigenvalue weighted by atomic mass is 9.96. The number of piperidine rings is 1. The second-order valence-corrected chi connectivity index (χ2v) is 8.16. The molecule has 1 fully saturated rings. The van der Waals surface area contributed by atoms with Crippen LogP contribution in [0.4, 0.5) is 0 Å². The van der Waals surface area contributed by atoms with Crippen LogP contribution < -0.4 is 0 Å². The molecule has 0 N–H and O–H groups in total. The molecule has 7 nitrogen and oxygen atoms in total. The van der Waals surface area contributed by atoms with Gasteiger partial charge in [0.25, 0.3) is 11.8 Å². The first kappa shape index (κ1) is 19.4. The minimum atomic E-state index is -0.379. The lowest BCUT2D eigenvalue weighted by Gasteiger charge is -2.33. The van der Waals surface area contributed by atoms with E-state index in [1.807, 2.05) is 12.4 Å². The molecule has 0 radical (unpaired) electrons. The predicted molar refractivity (Wildman–Crippen MR) is 107 cm³/mol. The van der Waals surface area contributed by atoms with Gasteiger partial charge in [0.1, 0.15) is 12.4 Å². The number of imide groups is 1. The smallest absolute Gasteiger partial charge is 0.262 e. The zero-order valence-corrected chi connectivity index (χ0v) is 16.9. The molecule has 0 atom stereocenters. The Morgan fingerprint density at radius 2 is 1.72 bits per heavy atom. The summed E-state index contributed by atoms with van der Waals surface area (Å²) in [4.78, 5) is 44.9. The number of fused-ring (bicyclic) bond motifs is 1. The SMILES string of the molecule is CC(C)c1nccn1CC1CCN(C(=O)CN2C(=O)c3ccccc3C2=O)CC1. The molecule has 1 saturated heterocycles. The van der Waals surface area contributed by atoms with Crippen LogP contribution in [0.3, 0.4) is 0 Å². The molecule has 0 aliphatic carbocycles. The average molecular weight is 394 g/mol. The highest BCUT2D eigenvalue weighted by atomic mass is 16.2. The summed E-state index contributed by atoms with van der Waals surface area (Å²) in [6, 6.07) is 6.72. The highest BCUT2D eigenvalue weighted by molar-refractivity contribution is 6.22. The van der Waals surface area contributed by atoms with Crippen molar-refractivity contribution in [3.63, 3.8) is 0 Å². The van der Waals surface area contributed by atoms with Crippen LogP contribution >= 0.6 is 0 Å². The number of nitrogens with zero attached hydrogens (tertiary/aromatic N) is 4. The van der Waals surface area contributed by atoms with Gasteiger partial charge in [0.05, 0.1) is 11.1 Å². The lowest BCUT2D eigenvalue weighted by Crippen LogP contribution is -2.46. The van der Waals surface area contributed by atoms with Crippen LogP contribution in [0.25, 0.3) is 0 Å². The molecule has 0 bridgehead atoms. The van der Waals surface area contributed by atoms with E-state index in [1.54, 1.807) is 29.2 Å². The Morgan fingerprint density at radius 3 is 2.31 bits per heavy atom. The van der Waals surface area contributed by atoms with Crippen molar-refractivity contribution in [1.29, 1.82) is 0 Å². The minimum absolute atomic E-state index is 0.163. The third-order valence-corrected chi connectivity index (χ3v) is 5.86. The van der Waals surface area contributed by atoms with Gasteiger partial charge >= 0.3 is 0 Å². The standard InChI is InChI=1S/C22H26N4O3/c1-15(2)20-23-9-12-25(20)13-16-7-10-24(11-8-16)19(27)14-26-21(28)17-5-3-4-6-18(17)22(26)29/h3-6,9,12,15-16H,7-8,10-11,13-14H2,1-2H3. The molecular formula is C22H26N4O3. The Labute approximate surface area is 170 Å². The van der Waals surface area contributed by atoms with Gasteiger partial charge in [0, 0.05) is 37.9 Å². The lowest BCUT2D eigenvalue weighted by molar-refractivity contribution is -0.132. The van der Waals surface area contributed by atoms with Crippen molar-refractivity contribution in [1.82, 2.24) is 19.4 Å². The molecule has 29 heavy (non-hydrogen) atoms. The summed E-state index contributed by atoms with van der Waals surface area (Å²) < 4.78 is 2.21. The summed E-state index contributed by atoms with van der Waals surface area (Å²) in [5.74, 6) is 1.04. The molecule has 2 aliphatic heterocycles. The minimum Gasteiger partial charge on any atom is -0.341 e. The van der Waals surface area contributed by atoms with Crippen LogP contribution in [0.1, 0.15) is 59.1 Å². The van der Waals surface area contributed by atoms with Crippen LogP contribution in [0.5, 0.6) is 0 Å². The highest BCUT2D eigenvalue weighted by Crippen LogP contribution is 2.24. The summed E-state index contributed by atoms with van der Waals surface area (Å²) in [5.41, 5.74) is 0.760. The monoisotopic (exact) mass is 394 g/mol. The number of aromatic nitrogens is 2. The summed E-state index contributed by atoms with van der Waals surface area (Å²) >= 11 is 0. The Hall–Kier alpha value is -2.96. The number of imidazole rings is 1. The molecule has 0 saturated carbocycles. The van der Waals surface area contributed by atoms with Crippen molar-refractivity contribution in [3.8, 4) is 0 Å². The van der Waals surface area contributed by atoms with Gasteiger partial charge in [0.15, 0.2) is 0 Å². The number of hydrogen-bond donors (Lipinski definition) is 0. The third kappa shape index (κ3) is 3.69. The van der Waals surface area contributed by atoms with Gasteiger partial charge in [-0.05, 0) is 30.9 Å². The molecule has 152 valence electrons. The Kier molecular flexibility index (Phi) is 5.22. The number of amides is 3. The van der Waals surface area contributed by atoms with Crippen molar-refractivity contribution in [2.24, 2.45) is 5.92 Å². The van der Waals surface area contributed by atoms with E-state index in [0.29, 0.717) is 36.1 Å². The van der Waals surface area contributed by atoms with Crippen molar-refractivity contribution >= 4 is 17.7 Å². The molecule has 1 aromatic carbocycles. The van der Waals surface area contributed by atoms with Gasteiger partial charge in [-0.1, -0.05) is 26.0 Å². The maximum Gasteiger partial charge on any atom is 0.262 e. The second-order valence-electron chi connectivity index (χ2n) is 8.16. The zero-order chi connectivity index (χ0) is 20.5. The van der Waals surface area contributed by atoms with Gasteiger partial charge in [-0.3, -0.25) is 19.3 Å². The third-order valence-electron chi connectivity index (χ3n) is 5.86. The fourth-order valence-corrected chi connectivity index (χ4v) is 4.24. The van der Waals surface area contributed by atoms with E-state index in [-0.39, 0.29) is 24.3 Å². The summed E-state index contributed by atoms with van der Waals surface area (Å²) in [6.45, 7) is 6.30. The number of rotatable bonds is 5. The predicted octanol–water partition coefficient (Wildman–Crippen LogP) is 2.54. The first-order valence-corrected chi connectivity index (χ1v) is 10.2.